The molecule has 0 aliphatic carbocycles. The van der Waals surface area contributed by atoms with Gasteiger partial charge in [0.2, 0.25) is 0 Å². The fraction of sp³-hybridized carbons (Fsp3) is 0.273. The van der Waals surface area contributed by atoms with Crippen LogP contribution >= 0.6 is 0 Å². The Labute approximate surface area is 93.3 Å². The van der Waals surface area contributed by atoms with Gasteiger partial charge in [0, 0.05) is 23.4 Å². The summed E-state index contributed by atoms with van der Waals surface area (Å²) < 4.78 is 4.95. The summed E-state index contributed by atoms with van der Waals surface area (Å²) in [5.41, 5.74) is 8.79. The minimum absolute atomic E-state index is 0.0853. The Morgan fingerprint density at radius 1 is 1.56 bits per heavy atom. The van der Waals surface area contributed by atoms with Gasteiger partial charge in [0.15, 0.2) is 11.5 Å². The number of hydrogen-bond donors (Lipinski definition) is 1. The molecule has 0 aromatic heterocycles. The van der Waals surface area contributed by atoms with Crippen LogP contribution in [0.5, 0.6) is 11.5 Å². The number of ether oxygens (including phenoxy) is 1. The van der Waals surface area contributed by atoms with Crippen molar-refractivity contribution in [2.45, 2.75) is 6.42 Å². The molecule has 0 unspecified atom stereocenters. The minimum Gasteiger partial charge on any atom is -0.504 e. The van der Waals surface area contributed by atoms with Crippen molar-refractivity contribution in [3.8, 4) is 23.3 Å². The highest BCUT2D eigenvalue weighted by Crippen LogP contribution is 2.25. The first-order valence-electron chi connectivity index (χ1n) is 4.64. The highest BCUT2D eigenvalue weighted by Gasteiger charge is 1.99. The van der Waals surface area contributed by atoms with Crippen LogP contribution in [0, 0.1) is 11.8 Å². The molecule has 16 heavy (non-hydrogen) atoms. The molecule has 0 fully saturated rings. The first kappa shape index (κ1) is 11.8. The third-order valence-corrected chi connectivity index (χ3v) is 1.81. The molecule has 0 aliphatic rings. The van der Waals surface area contributed by atoms with Crippen LogP contribution in [0.15, 0.2) is 23.3 Å². The van der Waals surface area contributed by atoms with E-state index in [0.29, 0.717) is 18.7 Å². The SMILES string of the molecule is COc1cc(C#CCCN=[N+]=[N-])ccc1O. The molecule has 0 heterocycles. The molecule has 0 bridgehead atoms. The number of benzene rings is 1. The number of methoxy groups -OCH3 is 1. The fourth-order valence-corrected chi connectivity index (χ4v) is 1.07. The molecular weight excluding hydrogens is 206 g/mol. The van der Waals surface area contributed by atoms with Crippen LogP contribution in [0.2, 0.25) is 0 Å². The molecule has 1 aromatic carbocycles. The summed E-state index contributed by atoms with van der Waals surface area (Å²) >= 11 is 0. The standard InChI is InChI=1S/C11H11N3O2/c1-16-11-8-9(5-6-10(11)15)4-2-3-7-13-14-12/h5-6,8,15H,3,7H2,1H3. The lowest BCUT2D eigenvalue weighted by molar-refractivity contribution is 0.373. The summed E-state index contributed by atoms with van der Waals surface area (Å²) in [7, 11) is 1.48. The Morgan fingerprint density at radius 3 is 3.06 bits per heavy atom. The monoisotopic (exact) mass is 217 g/mol. The maximum Gasteiger partial charge on any atom is 0.161 e. The van der Waals surface area contributed by atoms with Crippen LogP contribution in [0.1, 0.15) is 12.0 Å². The second kappa shape index (κ2) is 6.23. The fourth-order valence-electron chi connectivity index (χ4n) is 1.07. The topological polar surface area (TPSA) is 78.2 Å². The Kier molecular flexibility index (Phi) is 4.58. The van der Waals surface area contributed by atoms with Gasteiger partial charge in [-0.25, -0.2) is 0 Å². The van der Waals surface area contributed by atoms with Gasteiger partial charge in [-0.3, -0.25) is 0 Å². The summed E-state index contributed by atoms with van der Waals surface area (Å²) in [4.78, 5) is 2.62. The maximum atomic E-state index is 9.35. The van der Waals surface area contributed by atoms with E-state index in [1.165, 1.54) is 13.2 Å². The van der Waals surface area contributed by atoms with Crippen LogP contribution in [0.25, 0.3) is 10.4 Å². The first-order valence-corrected chi connectivity index (χ1v) is 4.64. The summed E-state index contributed by atoms with van der Waals surface area (Å²) in [5.74, 6) is 6.21. The second-order valence-electron chi connectivity index (χ2n) is 2.89. The molecule has 1 aromatic rings. The Balaban J connectivity index is 2.70. The van der Waals surface area contributed by atoms with Gasteiger partial charge in [-0.1, -0.05) is 17.0 Å². The third-order valence-electron chi connectivity index (χ3n) is 1.81. The molecule has 0 radical (unpaired) electrons. The average molecular weight is 217 g/mol. The smallest absolute Gasteiger partial charge is 0.161 e. The van der Waals surface area contributed by atoms with E-state index in [4.69, 9.17) is 10.3 Å². The molecule has 0 atom stereocenters. The highest BCUT2D eigenvalue weighted by molar-refractivity contribution is 5.47. The van der Waals surface area contributed by atoms with E-state index >= 15 is 0 Å². The molecule has 0 saturated heterocycles. The average Bonchev–Trinajstić information content (AvgIpc) is 2.31. The number of hydrogen-bond acceptors (Lipinski definition) is 3. The normalized spacial score (nSPS) is 8.56. The van der Waals surface area contributed by atoms with Crippen LogP contribution in [0.3, 0.4) is 0 Å². The zero-order valence-electron chi connectivity index (χ0n) is 8.84. The quantitative estimate of drug-likeness (QED) is 0.277. The van der Waals surface area contributed by atoms with Crippen LogP contribution < -0.4 is 4.74 Å². The molecule has 1 rings (SSSR count). The molecule has 1 N–H and O–H groups in total. The van der Waals surface area contributed by atoms with Crippen molar-refractivity contribution in [2.24, 2.45) is 5.11 Å². The van der Waals surface area contributed by atoms with E-state index in [9.17, 15) is 5.11 Å². The summed E-state index contributed by atoms with van der Waals surface area (Å²) in [5, 5.41) is 12.7. The van der Waals surface area contributed by atoms with Gasteiger partial charge < -0.3 is 9.84 Å². The largest absolute Gasteiger partial charge is 0.504 e. The van der Waals surface area contributed by atoms with Gasteiger partial charge in [-0.15, -0.1) is 0 Å². The van der Waals surface area contributed by atoms with E-state index in [1.54, 1.807) is 12.1 Å². The van der Waals surface area contributed by atoms with Gasteiger partial charge in [0.1, 0.15) is 0 Å². The van der Waals surface area contributed by atoms with Gasteiger partial charge in [0.05, 0.1) is 7.11 Å². The van der Waals surface area contributed by atoms with Crippen molar-refractivity contribution in [3.05, 3.63) is 34.2 Å². The third kappa shape index (κ3) is 3.45. The van der Waals surface area contributed by atoms with Crippen molar-refractivity contribution in [1.29, 1.82) is 0 Å². The lowest BCUT2D eigenvalue weighted by Gasteiger charge is -2.02. The van der Waals surface area contributed by atoms with Crippen molar-refractivity contribution in [3.63, 3.8) is 0 Å². The zero-order chi connectivity index (χ0) is 11.8. The highest BCUT2D eigenvalue weighted by atomic mass is 16.5. The number of nitrogens with zero attached hydrogens (tertiary/aromatic N) is 3. The van der Waals surface area contributed by atoms with E-state index in [1.807, 2.05) is 0 Å². The van der Waals surface area contributed by atoms with Gasteiger partial charge in [0.25, 0.3) is 0 Å². The molecule has 82 valence electrons. The molecule has 0 amide bonds. The predicted molar refractivity (Wildman–Crippen MR) is 60.2 cm³/mol. The van der Waals surface area contributed by atoms with Crippen LogP contribution in [-0.2, 0) is 0 Å². The van der Waals surface area contributed by atoms with Gasteiger partial charge in [-0.2, -0.15) is 0 Å². The summed E-state index contributed by atoms with van der Waals surface area (Å²) in [6, 6.07) is 4.87. The van der Waals surface area contributed by atoms with Crippen molar-refractivity contribution in [2.75, 3.05) is 13.7 Å². The van der Waals surface area contributed by atoms with E-state index in [2.05, 4.69) is 21.9 Å². The first-order chi connectivity index (χ1) is 7.77. The van der Waals surface area contributed by atoms with Crippen molar-refractivity contribution in [1.82, 2.24) is 0 Å². The number of phenolic OH excluding ortho intramolecular Hbond substituents is 1. The molecule has 0 saturated carbocycles. The van der Waals surface area contributed by atoms with Gasteiger partial charge in [-0.05, 0) is 23.7 Å². The number of azide groups is 1. The predicted octanol–water partition coefficient (Wildman–Crippen LogP) is 2.45. The van der Waals surface area contributed by atoms with Gasteiger partial charge >= 0.3 is 0 Å². The molecule has 0 aliphatic heterocycles. The molecule has 0 spiro atoms. The summed E-state index contributed by atoms with van der Waals surface area (Å²) in [6.45, 7) is 0.360. The van der Waals surface area contributed by atoms with Crippen molar-refractivity contribution < 1.29 is 9.84 Å². The van der Waals surface area contributed by atoms with E-state index in [-0.39, 0.29) is 5.75 Å². The van der Waals surface area contributed by atoms with Crippen LogP contribution in [-0.4, -0.2) is 18.8 Å². The lowest BCUT2D eigenvalue weighted by atomic mass is 10.2. The van der Waals surface area contributed by atoms with E-state index in [0.717, 1.165) is 5.56 Å². The number of phenols is 1. The van der Waals surface area contributed by atoms with E-state index < -0.39 is 0 Å². The zero-order valence-corrected chi connectivity index (χ0v) is 8.84. The Morgan fingerprint density at radius 2 is 2.38 bits per heavy atom. The number of aromatic hydroxyl groups is 1. The molecular formula is C11H11N3O2. The second-order valence-corrected chi connectivity index (χ2v) is 2.89. The number of rotatable bonds is 3. The van der Waals surface area contributed by atoms with Crippen LogP contribution in [0.4, 0.5) is 0 Å². The molecule has 5 heteroatoms. The summed E-state index contributed by atoms with van der Waals surface area (Å²) in [6.07, 6.45) is 0.507. The molecule has 5 nitrogen and oxygen atoms in total. The van der Waals surface area contributed by atoms with Crippen molar-refractivity contribution >= 4 is 0 Å². The Bertz CT molecular complexity index is 468. The Hall–Kier alpha value is -2.31. The maximum absolute atomic E-state index is 9.35. The lowest BCUT2D eigenvalue weighted by Crippen LogP contribution is -1.84. The minimum atomic E-state index is 0.0853.